The number of hydrogen-bond acceptors (Lipinski definition) is 3. The van der Waals surface area contributed by atoms with E-state index in [1.54, 1.807) is 0 Å². The van der Waals surface area contributed by atoms with Gasteiger partial charge in [-0.25, -0.2) is 4.99 Å². The molecule has 1 aromatic carbocycles. The predicted octanol–water partition coefficient (Wildman–Crippen LogP) is 1.81. The number of nitrogens with zero attached hydrogens (tertiary/aromatic N) is 2. The van der Waals surface area contributed by atoms with Gasteiger partial charge in [0.2, 0.25) is 11.8 Å². The molecule has 0 saturated carbocycles. The van der Waals surface area contributed by atoms with Crippen LogP contribution >= 0.6 is 24.0 Å². The number of nitrogens with one attached hydrogen (secondary N) is 3. The molecule has 3 N–H and O–H groups in total. The molecule has 0 unspecified atom stereocenters. The number of aliphatic imine (C=N–C) groups is 1. The standard InChI is InChI=1S/C18H27N5O2.HI/c1-2-19-18(20-11-7-13-23-12-6-10-17(23)25)21-14-16(24)22-15-8-4-3-5-9-15;/h3-5,8-9H,2,6-7,10-14H2,1H3,(H,22,24)(H2,19,20,21);1H. The van der Waals surface area contributed by atoms with E-state index in [9.17, 15) is 9.59 Å². The predicted molar refractivity (Wildman–Crippen MR) is 115 cm³/mol. The zero-order valence-corrected chi connectivity index (χ0v) is 17.5. The fraction of sp³-hybridized carbons (Fsp3) is 0.500. The highest BCUT2D eigenvalue weighted by Crippen LogP contribution is 2.09. The number of benzene rings is 1. The molecule has 7 nitrogen and oxygen atoms in total. The van der Waals surface area contributed by atoms with Crippen molar-refractivity contribution in [2.24, 2.45) is 4.99 Å². The van der Waals surface area contributed by atoms with Gasteiger partial charge >= 0.3 is 0 Å². The molecule has 2 rings (SSSR count). The van der Waals surface area contributed by atoms with Crippen molar-refractivity contribution in [1.29, 1.82) is 0 Å². The number of likely N-dealkylation sites (tertiary alicyclic amines) is 1. The van der Waals surface area contributed by atoms with Crippen LogP contribution in [-0.4, -0.2) is 55.4 Å². The molecule has 0 spiro atoms. The molecule has 1 aliphatic rings. The van der Waals surface area contributed by atoms with E-state index in [1.165, 1.54) is 0 Å². The smallest absolute Gasteiger partial charge is 0.246 e. The minimum atomic E-state index is -0.161. The van der Waals surface area contributed by atoms with Crippen molar-refractivity contribution in [3.63, 3.8) is 0 Å². The van der Waals surface area contributed by atoms with Crippen molar-refractivity contribution in [2.75, 3.05) is 38.0 Å². The molecular weight excluding hydrogens is 445 g/mol. The summed E-state index contributed by atoms with van der Waals surface area (Å²) in [6.45, 7) is 5.08. The second-order valence-electron chi connectivity index (χ2n) is 5.87. The Kier molecular flexibility index (Phi) is 10.7. The molecule has 1 heterocycles. The molecule has 0 aliphatic carbocycles. The van der Waals surface area contributed by atoms with E-state index in [4.69, 9.17) is 0 Å². The van der Waals surface area contributed by atoms with Crippen molar-refractivity contribution in [1.82, 2.24) is 15.5 Å². The third-order valence-electron chi connectivity index (χ3n) is 3.85. The topological polar surface area (TPSA) is 85.8 Å². The van der Waals surface area contributed by atoms with E-state index in [1.807, 2.05) is 42.2 Å². The molecule has 0 atom stereocenters. The van der Waals surface area contributed by atoms with E-state index in [-0.39, 0.29) is 42.3 Å². The van der Waals surface area contributed by atoms with E-state index in [2.05, 4.69) is 20.9 Å². The first-order chi connectivity index (χ1) is 12.2. The lowest BCUT2D eigenvalue weighted by Crippen LogP contribution is -2.39. The monoisotopic (exact) mass is 473 g/mol. The van der Waals surface area contributed by atoms with Gasteiger partial charge in [-0.2, -0.15) is 0 Å². The van der Waals surface area contributed by atoms with Crippen LogP contribution in [0.3, 0.4) is 0 Å². The second-order valence-corrected chi connectivity index (χ2v) is 5.87. The Balaban J connectivity index is 0.00000338. The number of carbonyl (C=O) groups is 2. The minimum Gasteiger partial charge on any atom is -0.357 e. The fourth-order valence-electron chi connectivity index (χ4n) is 2.63. The van der Waals surface area contributed by atoms with Gasteiger partial charge in [-0.1, -0.05) is 18.2 Å². The van der Waals surface area contributed by atoms with Crippen LogP contribution in [0.25, 0.3) is 0 Å². The number of carbonyl (C=O) groups excluding carboxylic acids is 2. The summed E-state index contributed by atoms with van der Waals surface area (Å²) in [7, 11) is 0. The maximum absolute atomic E-state index is 11.9. The molecule has 26 heavy (non-hydrogen) atoms. The van der Waals surface area contributed by atoms with Gasteiger partial charge in [0.15, 0.2) is 5.96 Å². The molecule has 0 bridgehead atoms. The summed E-state index contributed by atoms with van der Waals surface area (Å²) in [6, 6.07) is 9.32. The zero-order chi connectivity index (χ0) is 17.9. The van der Waals surface area contributed by atoms with Crippen LogP contribution < -0.4 is 16.0 Å². The molecule has 1 aromatic rings. The van der Waals surface area contributed by atoms with Gasteiger partial charge in [-0.05, 0) is 31.9 Å². The van der Waals surface area contributed by atoms with Gasteiger partial charge in [-0.15, -0.1) is 24.0 Å². The number of amides is 2. The first-order valence-corrected chi connectivity index (χ1v) is 8.84. The van der Waals surface area contributed by atoms with Gasteiger partial charge in [0.25, 0.3) is 0 Å². The Labute approximate surface area is 172 Å². The van der Waals surface area contributed by atoms with Crippen molar-refractivity contribution >= 4 is 47.4 Å². The molecular formula is C18H28IN5O2. The highest BCUT2D eigenvalue weighted by molar-refractivity contribution is 14.0. The average molecular weight is 473 g/mol. The molecule has 1 aliphatic heterocycles. The minimum absolute atomic E-state index is 0. The van der Waals surface area contributed by atoms with Crippen LogP contribution in [0.15, 0.2) is 35.3 Å². The van der Waals surface area contributed by atoms with Crippen LogP contribution in [0.2, 0.25) is 0 Å². The Hall–Kier alpha value is -1.84. The lowest BCUT2D eigenvalue weighted by Gasteiger charge is -2.16. The summed E-state index contributed by atoms with van der Waals surface area (Å²) >= 11 is 0. The maximum Gasteiger partial charge on any atom is 0.246 e. The van der Waals surface area contributed by atoms with Gasteiger partial charge in [0.1, 0.15) is 6.54 Å². The van der Waals surface area contributed by atoms with Crippen LogP contribution in [0.1, 0.15) is 26.2 Å². The van der Waals surface area contributed by atoms with Gasteiger partial charge in [0.05, 0.1) is 0 Å². The van der Waals surface area contributed by atoms with Crippen LogP contribution in [0, 0.1) is 0 Å². The maximum atomic E-state index is 11.9. The molecule has 0 aromatic heterocycles. The Morgan fingerprint density at radius 2 is 2.00 bits per heavy atom. The van der Waals surface area contributed by atoms with Crippen molar-refractivity contribution in [2.45, 2.75) is 26.2 Å². The summed E-state index contributed by atoms with van der Waals surface area (Å²) in [4.78, 5) is 29.7. The van der Waals surface area contributed by atoms with E-state index in [0.717, 1.165) is 38.2 Å². The molecule has 8 heteroatoms. The Morgan fingerprint density at radius 3 is 2.65 bits per heavy atom. The third kappa shape index (κ3) is 8.03. The number of rotatable bonds is 8. The van der Waals surface area contributed by atoms with Crippen LogP contribution in [0.4, 0.5) is 5.69 Å². The normalized spacial score (nSPS) is 14.0. The number of hydrogen-bond donors (Lipinski definition) is 3. The molecule has 1 saturated heterocycles. The van der Waals surface area contributed by atoms with E-state index >= 15 is 0 Å². The van der Waals surface area contributed by atoms with Gasteiger partial charge < -0.3 is 20.9 Å². The van der Waals surface area contributed by atoms with Gasteiger partial charge in [-0.3, -0.25) is 9.59 Å². The summed E-state index contributed by atoms with van der Waals surface area (Å²) in [5, 5.41) is 9.12. The number of para-hydroxylation sites is 1. The number of halogens is 1. The summed E-state index contributed by atoms with van der Waals surface area (Å²) in [5.41, 5.74) is 0.760. The Bertz CT molecular complexity index is 595. The van der Waals surface area contributed by atoms with E-state index < -0.39 is 0 Å². The SMILES string of the molecule is CCNC(=NCC(=O)Nc1ccccc1)NCCCN1CCCC1=O.I. The number of guanidine groups is 1. The zero-order valence-electron chi connectivity index (χ0n) is 15.2. The Morgan fingerprint density at radius 1 is 1.23 bits per heavy atom. The first kappa shape index (κ1) is 22.2. The number of anilines is 1. The fourth-order valence-corrected chi connectivity index (χ4v) is 2.63. The summed E-state index contributed by atoms with van der Waals surface area (Å²) in [6.07, 6.45) is 2.49. The summed E-state index contributed by atoms with van der Waals surface area (Å²) in [5.74, 6) is 0.697. The third-order valence-corrected chi connectivity index (χ3v) is 3.85. The van der Waals surface area contributed by atoms with Crippen molar-refractivity contribution < 1.29 is 9.59 Å². The molecule has 2 amide bonds. The van der Waals surface area contributed by atoms with E-state index in [0.29, 0.717) is 18.9 Å². The quantitative estimate of drug-likeness (QED) is 0.233. The van der Waals surface area contributed by atoms with Crippen molar-refractivity contribution in [3.8, 4) is 0 Å². The molecule has 0 radical (unpaired) electrons. The molecule has 144 valence electrons. The molecule has 1 fully saturated rings. The highest BCUT2D eigenvalue weighted by atomic mass is 127. The van der Waals surface area contributed by atoms with Gasteiger partial charge in [0, 0.05) is 38.3 Å². The first-order valence-electron chi connectivity index (χ1n) is 8.84. The second kappa shape index (κ2) is 12.5. The highest BCUT2D eigenvalue weighted by Gasteiger charge is 2.18. The lowest BCUT2D eigenvalue weighted by atomic mass is 10.3. The van der Waals surface area contributed by atoms with Crippen LogP contribution in [0.5, 0.6) is 0 Å². The largest absolute Gasteiger partial charge is 0.357 e. The lowest BCUT2D eigenvalue weighted by molar-refractivity contribution is -0.127. The van der Waals surface area contributed by atoms with Crippen molar-refractivity contribution in [3.05, 3.63) is 30.3 Å². The van der Waals surface area contributed by atoms with Crippen LogP contribution in [-0.2, 0) is 9.59 Å². The average Bonchev–Trinajstić information content (AvgIpc) is 3.02. The summed E-state index contributed by atoms with van der Waals surface area (Å²) < 4.78 is 0.